The minimum atomic E-state index is -1.63. The van der Waals surface area contributed by atoms with Crippen LogP contribution in [0, 0.1) is 0 Å². The molecular formula is C16H25FN2O3. The first-order valence-electron chi connectivity index (χ1n) is 8.10. The van der Waals surface area contributed by atoms with Crippen LogP contribution in [0.3, 0.4) is 0 Å². The molecule has 1 saturated carbocycles. The number of hydrogen-bond donors (Lipinski definition) is 0. The van der Waals surface area contributed by atoms with Gasteiger partial charge < -0.3 is 14.4 Å². The molecule has 3 aliphatic rings. The number of hydrogen-bond acceptors (Lipinski definition) is 4. The van der Waals surface area contributed by atoms with E-state index in [9.17, 15) is 9.18 Å². The number of alkyl halides is 1. The Balaban J connectivity index is 1.70. The minimum Gasteiger partial charge on any atom is -0.377 e. The number of carbonyl (C=O) groups is 1. The van der Waals surface area contributed by atoms with E-state index in [2.05, 4.69) is 11.5 Å². The number of carbonyl (C=O) groups excluding carboxylic acids is 1. The lowest BCUT2D eigenvalue weighted by Crippen LogP contribution is -2.63. The summed E-state index contributed by atoms with van der Waals surface area (Å²) in [5, 5.41) is 0. The van der Waals surface area contributed by atoms with E-state index in [0.29, 0.717) is 52.3 Å². The zero-order chi connectivity index (χ0) is 15.6. The fourth-order valence-corrected chi connectivity index (χ4v) is 3.51. The number of rotatable bonds is 3. The van der Waals surface area contributed by atoms with E-state index < -0.39 is 11.3 Å². The molecule has 22 heavy (non-hydrogen) atoms. The quantitative estimate of drug-likeness (QED) is 0.729. The predicted octanol–water partition coefficient (Wildman–Crippen LogP) is 0.994. The van der Waals surface area contributed by atoms with Crippen molar-refractivity contribution in [3.63, 3.8) is 0 Å². The van der Waals surface area contributed by atoms with Crippen molar-refractivity contribution in [2.75, 3.05) is 52.5 Å². The molecule has 0 aromatic carbocycles. The number of morpholine rings is 1. The number of amides is 1. The summed E-state index contributed by atoms with van der Waals surface area (Å²) in [5.41, 5.74) is -2.18. The SMILES string of the molecule is C=CCN1CCOCC2(C1)CN(C(=O)C1(F)CCC1)CCO2. The average molecular weight is 312 g/mol. The molecule has 2 aliphatic heterocycles. The van der Waals surface area contributed by atoms with Crippen molar-refractivity contribution in [2.24, 2.45) is 0 Å². The second-order valence-electron chi connectivity index (χ2n) is 6.65. The van der Waals surface area contributed by atoms with Gasteiger partial charge in [-0.15, -0.1) is 6.58 Å². The van der Waals surface area contributed by atoms with Crippen molar-refractivity contribution in [3.8, 4) is 0 Å². The van der Waals surface area contributed by atoms with Gasteiger partial charge in [0.15, 0.2) is 5.67 Å². The van der Waals surface area contributed by atoms with Crippen LogP contribution >= 0.6 is 0 Å². The summed E-state index contributed by atoms with van der Waals surface area (Å²) in [4.78, 5) is 16.3. The molecule has 1 atom stereocenters. The lowest BCUT2D eigenvalue weighted by atomic mass is 9.80. The van der Waals surface area contributed by atoms with Crippen LogP contribution in [0.25, 0.3) is 0 Å². The highest BCUT2D eigenvalue weighted by Crippen LogP contribution is 2.38. The maximum Gasteiger partial charge on any atom is 0.260 e. The fraction of sp³-hybridized carbons (Fsp3) is 0.812. The van der Waals surface area contributed by atoms with Crippen LogP contribution in [-0.4, -0.2) is 79.5 Å². The van der Waals surface area contributed by atoms with Crippen molar-refractivity contribution in [1.82, 2.24) is 9.80 Å². The van der Waals surface area contributed by atoms with Gasteiger partial charge in [-0.05, 0) is 19.3 Å². The highest BCUT2D eigenvalue weighted by molar-refractivity contribution is 5.86. The van der Waals surface area contributed by atoms with Crippen LogP contribution in [0.15, 0.2) is 12.7 Å². The first kappa shape index (κ1) is 15.9. The molecule has 3 rings (SSSR count). The van der Waals surface area contributed by atoms with Crippen LogP contribution in [0.2, 0.25) is 0 Å². The molecule has 2 heterocycles. The van der Waals surface area contributed by atoms with Crippen LogP contribution in [0.4, 0.5) is 4.39 Å². The molecule has 3 fully saturated rings. The smallest absolute Gasteiger partial charge is 0.260 e. The second kappa shape index (κ2) is 6.26. The van der Waals surface area contributed by atoms with Gasteiger partial charge in [0.2, 0.25) is 0 Å². The van der Waals surface area contributed by atoms with Crippen molar-refractivity contribution in [1.29, 1.82) is 0 Å². The Labute approximate surface area is 131 Å². The van der Waals surface area contributed by atoms with Gasteiger partial charge in [0.05, 0.1) is 26.4 Å². The zero-order valence-corrected chi connectivity index (χ0v) is 13.1. The maximum atomic E-state index is 14.4. The Kier molecular flexibility index (Phi) is 4.52. The van der Waals surface area contributed by atoms with E-state index in [1.54, 1.807) is 4.90 Å². The molecule has 1 amide bonds. The summed E-state index contributed by atoms with van der Waals surface area (Å²) >= 11 is 0. The third-order valence-corrected chi connectivity index (χ3v) is 4.88. The summed E-state index contributed by atoms with van der Waals surface area (Å²) in [7, 11) is 0. The Morgan fingerprint density at radius 2 is 2.09 bits per heavy atom. The van der Waals surface area contributed by atoms with E-state index in [-0.39, 0.29) is 5.91 Å². The van der Waals surface area contributed by atoms with Crippen LogP contribution in [0.1, 0.15) is 19.3 Å². The van der Waals surface area contributed by atoms with E-state index in [1.807, 2.05) is 6.08 Å². The third-order valence-electron chi connectivity index (χ3n) is 4.88. The Hall–Kier alpha value is -0.980. The van der Waals surface area contributed by atoms with Crippen molar-refractivity contribution < 1.29 is 18.7 Å². The van der Waals surface area contributed by atoms with Crippen molar-refractivity contribution >= 4 is 5.91 Å². The lowest BCUT2D eigenvalue weighted by molar-refractivity contribution is -0.174. The van der Waals surface area contributed by atoms with Gasteiger partial charge in [0, 0.05) is 26.2 Å². The standard InChI is InChI=1S/C16H25FN2O3/c1-2-6-18-7-9-21-13-15(11-18)12-19(8-10-22-15)14(20)16(17)4-3-5-16/h2H,1,3-13H2. The molecule has 1 spiro atoms. The third kappa shape index (κ3) is 3.05. The van der Waals surface area contributed by atoms with E-state index in [4.69, 9.17) is 9.47 Å². The maximum absolute atomic E-state index is 14.4. The highest BCUT2D eigenvalue weighted by atomic mass is 19.1. The van der Waals surface area contributed by atoms with Gasteiger partial charge in [0.1, 0.15) is 5.60 Å². The van der Waals surface area contributed by atoms with Crippen LogP contribution < -0.4 is 0 Å². The molecular weight excluding hydrogens is 287 g/mol. The molecule has 6 heteroatoms. The van der Waals surface area contributed by atoms with Crippen LogP contribution in [-0.2, 0) is 14.3 Å². The molecule has 0 aromatic rings. The lowest BCUT2D eigenvalue weighted by Gasteiger charge is -2.46. The van der Waals surface area contributed by atoms with E-state index >= 15 is 0 Å². The number of ether oxygens (including phenoxy) is 2. The average Bonchev–Trinajstić information content (AvgIpc) is 2.67. The second-order valence-corrected chi connectivity index (χ2v) is 6.65. The van der Waals surface area contributed by atoms with Gasteiger partial charge in [-0.3, -0.25) is 9.69 Å². The van der Waals surface area contributed by atoms with Crippen molar-refractivity contribution in [2.45, 2.75) is 30.5 Å². The van der Waals surface area contributed by atoms with Crippen molar-refractivity contribution in [3.05, 3.63) is 12.7 Å². The number of halogens is 1. The van der Waals surface area contributed by atoms with E-state index in [1.165, 1.54) is 0 Å². The summed E-state index contributed by atoms with van der Waals surface area (Å²) in [5.74, 6) is -0.360. The minimum absolute atomic E-state index is 0.356. The fourth-order valence-electron chi connectivity index (χ4n) is 3.51. The van der Waals surface area contributed by atoms with Gasteiger partial charge in [-0.2, -0.15) is 0 Å². The molecule has 0 N–H and O–H groups in total. The molecule has 1 unspecified atom stereocenters. The van der Waals surface area contributed by atoms with Gasteiger partial charge in [0.25, 0.3) is 5.91 Å². The first-order valence-corrected chi connectivity index (χ1v) is 8.10. The topological polar surface area (TPSA) is 42.0 Å². The first-order chi connectivity index (χ1) is 10.6. The molecule has 2 saturated heterocycles. The zero-order valence-electron chi connectivity index (χ0n) is 13.1. The molecule has 124 valence electrons. The highest BCUT2D eigenvalue weighted by Gasteiger charge is 2.50. The Bertz CT molecular complexity index is 441. The van der Waals surface area contributed by atoms with Gasteiger partial charge >= 0.3 is 0 Å². The monoisotopic (exact) mass is 312 g/mol. The van der Waals surface area contributed by atoms with Gasteiger partial charge in [-0.1, -0.05) is 6.08 Å². The van der Waals surface area contributed by atoms with Crippen LogP contribution in [0.5, 0.6) is 0 Å². The summed E-state index contributed by atoms with van der Waals surface area (Å²) in [6, 6.07) is 0. The normalized spacial score (nSPS) is 32.3. The molecule has 0 radical (unpaired) electrons. The van der Waals surface area contributed by atoms with Gasteiger partial charge in [-0.25, -0.2) is 4.39 Å². The molecule has 5 nitrogen and oxygen atoms in total. The Morgan fingerprint density at radius 1 is 1.27 bits per heavy atom. The summed E-state index contributed by atoms with van der Waals surface area (Å²) in [6.45, 7) is 8.43. The molecule has 0 bridgehead atoms. The molecule has 1 aliphatic carbocycles. The van der Waals surface area contributed by atoms with E-state index in [0.717, 1.165) is 19.5 Å². The summed E-state index contributed by atoms with van der Waals surface area (Å²) < 4.78 is 26.1. The summed E-state index contributed by atoms with van der Waals surface area (Å²) in [6.07, 6.45) is 3.37. The molecule has 0 aromatic heterocycles. The largest absolute Gasteiger partial charge is 0.377 e. The Morgan fingerprint density at radius 3 is 2.77 bits per heavy atom. The predicted molar refractivity (Wildman–Crippen MR) is 80.4 cm³/mol. The number of nitrogens with zero attached hydrogens (tertiary/aromatic N) is 2.